The number of hydrogen-bond donors (Lipinski definition) is 3. The van der Waals surface area contributed by atoms with Gasteiger partial charge in [-0.15, -0.1) is 11.3 Å². The Morgan fingerprint density at radius 2 is 1.89 bits per heavy atom. The molecule has 1 heterocycles. The average Bonchev–Trinajstić information content (AvgIpc) is 3.11. The number of nitrogens with zero attached hydrogens (tertiary/aromatic N) is 2. The highest BCUT2D eigenvalue weighted by atomic mass is 32.2. The summed E-state index contributed by atoms with van der Waals surface area (Å²) in [4.78, 5) is 8.97. The molecule has 7 nitrogen and oxygen atoms in total. The predicted molar refractivity (Wildman–Crippen MR) is 111 cm³/mol. The van der Waals surface area contributed by atoms with Crippen molar-refractivity contribution in [3.63, 3.8) is 0 Å². The lowest BCUT2D eigenvalue weighted by atomic mass is 10.2. The van der Waals surface area contributed by atoms with Crippen molar-refractivity contribution in [2.24, 2.45) is 4.99 Å². The smallest absolute Gasteiger partial charge is 0.240 e. The van der Waals surface area contributed by atoms with Gasteiger partial charge in [-0.3, -0.25) is 4.99 Å². The number of aryl methyl sites for hydroxylation is 1. The molecule has 2 rings (SSSR count). The molecular formula is C18H27N5O2S2. The highest BCUT2D eigenvalue weighted by Gasteiger charge is 2.12. The first kappa shape index (κ1) is 21.3. The molecule has 1 aromatic carbocycles. The maximum absolute atomic E-state index is 12.2. The van der Waals surface area contributed by atoms with Crippen LogP contribution in [-0.4, -0.2) is 39.5 Å². The molecule has 0 spiro atoms. The number of aliphatic imine (C=N–C) groups is 1. The van der Waals surface area contributed by atoms with Gasteiger partial charge in [0.05, 0.1) is 17.1 Å². The van der Waals surface area contributed by atoms with Crippen LogP contribution in [0.4, 0.5) is 0 Å². The van der Waals surface area contributed by atoms with Crippen LogP contribution in [0, 0.1) is 6.92 Å². The quantitative estimate of drug-likeness (QED) is 0.353. The summed E-state index contributed by atoms with van der Waals surface area (Å²) >= 11 is 1.61. The Balaban J connectivity index is 1.76. The lowest BCUT2D eigenvalue weighted by molar-refractivity contribution is 0.580. The van der Waals surface area contributed by atoms with Crippen molar-refractivity contribution in [3.8, 4) is 0 Å². The van der Waals surface area contributed by atoms with Gasteiger partial charge in [0, 0.05) is 25.5 Å². The molecule has 148 valence electrons. The highest BCUT2D eigenvalue weighted by Crippen LogP contribution is 2.17. The predicted octanol–water partition coefficient (Wildman–Crippen LogP) is 2.22. The van der Waals surface area contributed by atoms with E-state index in [1.165, 1.54) is 0 Å². The molecule has 0 radical (unpaired) electrons. The van der Waals surface area contributed by atoms with E-state index in [-0.39, 0.29) is 11.4 Å². The largest absolute Gasteiger partial charge is 0.355 e. The fourth-order valence-electron chi connectivity index (χ4n) is 2.22. The number of rotatable bonds is 8. The Morgan fingerprint density at radius 3 is 2.48 bits per heavy atom. The zero-order valence-corrected chi connectivity index (χ0v) is 17.7. The van der Waals surface area contributed by atoms with E-state index < -0.39 is 10.0 Å². The van der Waals surface area contributed by atoms with E-state index in [2.05, 4.69) is 44.6 Å². The molecule has 0 aliphatic carbocycles. The lowest BCUT2D eigenvalue weighted by Gasteiger charge is -2.12. The Kier molecular flexibility index (Phi) is 7.76. The van der Waals surface area contributed by atoms with Gasteiger partial charge in [-0.2, -0.15) is 0 Å². The molecule has 0 bridgehead atoms. The summed E-state index contributed by atoms with van der Waals surface area (Å²) < 4.78 is 27.0. The van der Waals surface area contributed by atoms with Gasteiger partial charge in [-0.05, 0) is 25.0 Å². The third kappa shape index (κ3) is 6.60. The second-order valence-electron chi connectivity index (χ2n) is 6.38. The summed E-state index contributed by atoms with van der Waals surface area (Å²) in [6.45, 7) is 7.40. The van der Waals surface area contributed by atoms with Crippen LogP contribution in [0.15, 0.2) is 39.5 Å². The van der Waals surface area contributed by atoms with E-state index >= 15 is 0 Å². The topological polar surface area (TPSA) is 95.5 Å². The Morgan fingerprint density at radius 1 is 1.19 bits per heavy atom. The normalized spacial score (nSPS) is 12.4. The van der Waals surface area contributed by atoms with E-state index in [9.17, 15) is 8.42 Å². The van der Waals surface area contributed by atoms with Crippen molar-refractivity contribution >= 4 is 27.3 Å². The van der Waals surface area contributed by atoms with Gasteiger partial charge in [0.2, 0.25) is 10.0 Å². The number of benzene rings is 1. The van der Waals surface area contributed by atoms with E-state index in [0.717, 1.165) is 16.3 Å². The van der Waals surface area contributed by atoms with Crippen molar-refractivity contribution < 1.29 is 8.42 Å². The van der Waals surface area contributed by atoms with E-state index in [1.807, 2.05) is 6.92 Å². The van der Waals surface area contributed by atoms with E-state index in [0.29, 0.717) is 25.0 Å². The van der Waals surface area contributed by atoms with Gasteiger partial charge < -0.3 is 10.6 Å². The molecule has 1 aromatic heterocycles. The molecule has 0 fully saturated rings. The molecule has 9 heteroatoms. The van der Waals surface area contributed by atoms with Crippen molar-refractivity contribution in [1.29, 1.82) is 0 Å². The minimum atomic E-state index is -3.50. The first-order chi connectivity index (χ1) is 12.8. The highest BCUT2D eigenvalue weighted by molar-refractivity contribution is 7.89. The summed E-state index contributed by atoms with van der Waals surface area (Å²) in [5, 5.41) is 9.33. The minimum absolute atomic E-state index is 0.256. The zero-order chi connectivity index (χ0) is 19.9. The van der Waals surface area contributed by atoms with Gasteiger partial charge in [0.15, 0.2) is 5.96 Å². The Hall–Kier alpha value is -1.97. The second kappa shape index (κ2) is 9.82. The van der Waals surface area contributed by atoms with Crippen LogP contribution < -0.4 is 15.4 Å². The molecule has 27 heavy (non-hydrogen) atoms. The van der Waals surface area contributed by atoms with Crippen LogP contribution in [0.2, 0.25) is 0 Å². The Bertz CT molecular complexity index is 858. The third-order valence-corrected chi connectivity index (χ3v) is 6.18. The van der Waals surface area contributed by atoms with Gasteiger partial charge in [-0.1, -0.05) is 31.5 Å². The number of guanidine groups is 1. The maximum atomic E-state index is 12.2. The van der Waals surface area contributed by atoms with Gasteiger partial charge in [-0.25, -0.2) is 18.1 Å². The fraction of sp³-hybridized carbons (Fsp3) is 0.444. The minimum Gasteiger partial charge on any atom is -0.355 e. The van der Waals surface area contributed by atoms with Crippen LogP contribution in [0.3, 0.4) is 0 Å². The molecule has 0 aliphatic heterocycles. The SMILES string of the molecule is CN=C(NCCNS(=O)(=O)c1ccc(C)cc1)NCc1nc(C(C)C)cs1. The van der Waals surface area contributed by atoms with Crippen molar-refractivity contribution in [2.75, 3.05) is 20.1 Å². The maximum Gasteiger partial charge on any atom is 0.240 e. The van der Waals surface area contributed by atoms with E-state index in [4.69, 9.17) is 0 Å². The summed E-state index contributed by atoms with van der Waals surface area (Å²) in [7, 11) is -1.83. The molecule has 2 aromatic rings. The van der Waals surface area contributed by atoms with Crippen molar-refractivity contribution in [3.05, 3.63) is 45.9 Å². The summed E-state index contributed by atoms with van der Waals surface area (Å²) in [6.07, 6.45) is 0. The van der Waals surface area contributed by atoms with Crippen LogP contribution in [-0.2, 0) is 16.6 Å². The van der Waals surface area contributed by atoms with E-state index in [1.54, 1.807) is 42.6 Å². The number of nitrogens with one attached hydrogen (secondary N) is 3. The van der Waals surface area contributed by atoms with Crippen LogP contribution in [0.1, 0.15) is 36.0 Å². The molecule has 0 saturated heterocycles. The van der Waals surface area contributed by atoms with Crippen LogP contribution in [0.25, 0.3) is 0 Å². The number of aromatic nitrogens is 1. The molecular weight excluding hydrogens is 382 g/mol. The van der Waals surface area contributed by atoms with Crippen LogP contribution >= 0.6 is 11.3 Å². The molecule has 0 aliphatic rings. The molecule has 0 atom stereocenters. The molecule has 3 N–H and O–H groups in total. The first-order valence-electron chi connectivity index (χ1n) is 8.77. The second-order valence-corrected chi connectivity index (χ2v) is 9.09. The summed E-state index contributed by atoms with van der Waals surface area (Å²) in [5.41, 5.74) is 2.11. The standard InChI is InChI=1S/C18H27N5O2S2/c1-13(2)16-12-26-17(23-16)11-21-18(19-4)20-9-10-22-27(24,25)15-7-5-14(3)6-8-15/h5-8,12-13,22H,9-11H2,1-4H3,(H2,19,20,21). The number of thiazole rings is 1. The van der Waals surface area contributed by atoms with Crippen LogP contribution in [0.5, 0.6) is 0 Å². The fourth-order valence-corrected chi connectivity index (χ4v) is 4.15. The number of sulfonamides is 1. The van der Waals surface area contributed by atoms with Crippen molar-refractivity contribution in [2.45, 2.75) is 38.1 Å². The third-order valence-electron chi connectivity index (χ3n) is 3.83. The van der Waals surface area contributed by atoms with Crippen molar-refractivity contribution in [1.82, 2.24) is 20.3 Å². The molecule has 0 amide bonds. The Labute approximate surface area is 165 Å². The molecule has 0 unspecified atom stereocenters. The van der Waals surface area contributed by atoms with Gasteiger partial charge in [0.25, 0.3) is 0 Å². The lowest BCUT2D eigenvalue weighted by Crippen LogP contribution is -2.41. The summed E-state index contributed by atoms with van der Waals surface area (Å²) in [6, 6.07) is 6.76. The number of hydrogen-bond acceptors (Lipinski definition) is 5. The van der Waals surface area contributed by atoms with Gasteiger partial charge >= 0.3 is 0 Å². The molecule has 0 saturated carbocycles. The summed E-state index contributed by atoms with van der Waals surface area (Å²) in [5.74, 6) is 1.01. The average molecular weight is 410 g/mol. The zero-order valence-electron chi connectivity index (χ0n) is 16.1. The first-order valence-corrected chi connectivity index (χ1v) is 11.1. The monoisotopic (exact) mass is 409 g/mol. The van der Waals surface area contributed by atoms with Gasteiger partial charge in [0.1, 0.15) is 5.01 Å².